The molecule has 0 unspecified atom stereocenters. The number of nitrogens with zero attached hydrogens (tertiary/aromatic N) is 1. The number of halogens is 1. The first-order chi connectivity index (χ1) is 13.0. The molecule has 2 N–H and O–H groups in total. The van der Waals surface area contributed by atoms with Crippen molar-refractivity contribution in [3.63, 3.8) is 0 Å². The summed E-state index contributed by atoms with van der Waals surface area (Å²) < 4.78 is 18.4. The minimum atomic E-state index is -0.902. The van der Waals surface area contributed by atoms with Crippen molar-refractivity contribution < 1.29 is 23.5 Å². The Morgan fingerprint density at radius 3 is 2.63 bits per heavy atom. The molecule has 8 heteroatoms. The highest BCUT2D eigenvalue weighted by molar-refractivity contribution is 6.22. The van der Waals surface area contributed by atoms with E-state index in [-0.39, 0.29) is 24.4 Å². The van der Waals surface area contributed by atoms with Crippen molar-refractivity contribution in [2.45, 2.75) is 18.9 Å². The number of ether oxygens (including phenoxy) is 1. The van der Waals surface area contributed by atoms with E-state index in [4.69, 9.17) is 4.74 Å². The van der Waals surface area contributed by atoms with Gasteiger partial charge in [-0.25, -0.2) is 14.7 Å². The van der Waals surface area contributed by atoms with Gasteiger partial charge < -0.3 is 4.74 Å². The average Bonchev–Trinajstić information content (AvgIpc) is 2.94. The molecule has 0 aromatic heterocycles. The predicted molar refractivity (Wildman–Crippen MR) is 95.3 cm³/mol. The van der Waals surface area contributed by atoms with Crippen LogP contribution >= 0.6 is 0 Å². The summed E-state index contributed by atoms with van der Waals surface area (Å²) in [5.74, 6) is -1.23. The van der Waals surface area contributed by atoms with Crippen LogP contribution in [0.2, 0.25) is 0 Å². The van der Waals surface area contributed by atoms with Gasteiger partial charge in [-0.3, -0.25) is 19.8 Å². The summed E-state index contributed by atoms with van der Waals surface area (Å²) in [6.45, 7) is 0. The summed E-state index contributed by atoms with van der Waals surface area (Å²) in [6.07, 6.45) is -0.0301. The minimum Gasteiger partial charge on any atom is -0.497 e. The van der Waals surface area contributed by atoms with E-state index in [0.717, 1.165) is 16.5 Å². The van der Waals surface area contributed by atoms with E-state index in [9.17, 15) is 18.8 Å². The second-order valence-electron chi connectivity index (χ2n) is 6.02. The smallest absolute Gasteiger partial charge is 0.253 e. The van der Waals surface area contributed by atoms with E-state index in [1.165, 1.54) is 18.2 Å². The first-order valence-electron chi connectivity index (χ1n) is 8.27. The Morgan fingerprint density at radius 1 is 1.22 bits per heavy atom. The molecule has 1 saturated heterocycles. The van der Waals surface area contributed by atoms with Crippen LogP contribution in [0.1, 0.15) is 12.0 Å². The molecule has 0 spiro atoms. The van der Waals surface area contributed by atoms with Gasteiger partial charge in [0.25, 0.3) is 5.91 Å². The van der Waals surface area contributed by atoms with Gasteiger partial charge in [-0.2, -0.15) is 0 Å². The second-order valence-corrected chi connectivity index (χ2v) is 6.02. The number of methoxy groups -OCH3 is 1. The molecule has 1 atom stereocenters. The largest absolute Gasteiger partial charge is 0.497 e. The summed E-state index contributed by atoms with van der Waals surface area (Å²) in [6, 6.07) is 11.3. The van der Waals surface area contributed by atoms with Gasteiger partial charge in [0.15, 0.2) is 0 Å². The van der Waals surface area contributed by atoms with Crippen molar-refractivity contribution in [3.05, 3.63) is 59.9 Å². The molecular weight excluding hydrogens is 353 g/mol. The Labute approximate surface area is 155 Å². The number of anilines is 1. The third-order valence-corrected chi connectivity index (χ3v) is 4.12. The first-order valence-corrected chi connectivity index (χ1v) is 8.27. The molecule has 1 aliphatic heterocycles. The summed E-state index contributed by atoms with van der Waals surface area (Å²) >= 11 is 0. The highest BCUT2D eigenvalue weighted by atomic mass is 19.1. The number of imide groups is 1. The van der Waals surface area contributed by atoms with Crippen molar-refractivity contribution >= 4 is 23.4 Å². The number of hydrogen-bond acceptors (Lipinski definition) is 5. The van der Waals surface area contributed by atoms with Crippen LogP contribution in [0.15, 0.2) is 48.5 Å². The lowest BCUT2D eigenvalue weighted by Crippen LogP contribution is -2.48. The van der Waals surface area contributed by atoms with Gasteiger partial charge in [0.05, 0.1) is 25.6 Å². The number of amides is 3. The fourth-order valence-electron chi connectivity index (χ4n) is 2.77. The van der Waals surface area contributed by atoms with Crippen molar-refractivity contribution in [3.8, 4) is 5.75 Å². The maximum absolute atomic E-state index is 13.4. The van der Waals surface area contributed by atoms with Gasteiger partial charge >= 0.3 is 0 Å². The summed E-state index contributed by atoms with van der Waals surface area (Å²) in [7, 11) is 1.55. The lowest BCUT2D eigenvalue weighted by Gasteiger charge is -2.16. The molecule has 3 rings (SSSR count). The molecule has 0 saturated carbocycles. The van der Waals surface area contributed by atoms with Gasteiger partial charge in [0.2, 0.25) is 11.8 Å². The van der Waals surface area contributed by atoms with Crippen molar-refractivity contribution in [2.75, 3.05) is 12.0 Å². The molecule has 7 nitrogen and oxygen atoms in total. The third kappa shape index (κ3) is 4.29. The van der Waals surface area contributed by atoms with Crippen LogP contribution in [0, 0.1) is 5.82 Å². The number of nitrogens with one attached hydrogen (secondary N) is 2. The topological polar surface area (TPSA) is 87.7 Å². The quantitative estimate of drug-likeness (QED) is 0.591. The zero-order valence-corrected chi connectivity index (χ0v) is 14.6. The number of carbonyl (C=O) groups excluding carboxylic acids is 3. The molecule has 0 aliphatic carbocycles. The molecule has 1 aliphatic rings. The Morgan fingerprint density at radius 2 is 1.96 bits per heavy atom. The molecule has 0 bridgehead atoms. The third-order valence-electron chi connectivity index (χ3n) is 4.12. The van der Waals surface area contributed by atoms with E-state index < -0.39 is 23.7 Å². The number of rotatable bonds is 6. The Hall–Kier alpha value is -3.26. The molecule has 2 aromatic carbocycles. The average molecular weight is 371 g/mol. The minimum absolute atomic E-state index is 0.0967. The Balaban J connectivity index is 1.57. The van der Waals surface area contributed by atoms with Crippen LogP contribution in [0.25, 0.3) is 0 Å². The van der Waals surface area contributed by atoms with E-state index in [1.54, 1.807) is 31.4 Å². The van der Waals surface area contributed by atoms with Crippen molar-refractivity contribution in [2.24, 2.45) is 0 Å². The lowest BCUT2D eigenvalue weighted by molar-refractivity contribution is -0.122. The predicted octanol–water partition coefficient (Wildman–Crippen LogP) is 1.33. The van der Waals surface area contributed by atoms with Crippen LogP contribution in [0.4, 0.5) is 10.1 Å². The maximum atomic E-state index is 13.4. The Bertz CT molecular complexity index is 870. The van der Waals surface area contributed by atoms with Gasteiger partial charge in [0.1, 0.15) is 17.6 Å². The van der Waals surface area contributed by atoms with E-state index >= 15 is 0 Å². The zero-order valence-electron chi connectivity index (χ0n) is 14.6. The van der Waals surface area contributed by atoms with Gasteiger partial charge in [-0.15, -0.1) is 0 Å². The normalized spacial score (nSPS) is 16.5. The number of benzene rings is 2. The first kappa shape index (κ1) is 18.5. The van der Waals surface area contributed by atoms with Gasteiger partial charge in [0, 0.05) is 0 Å². The fourth-order valence-corrected chi connectivity index (χ4v) is 2.77. The fraction of sp³-hybridized carbons (Fsp3) is 0.211. The molecule has 3 amide bonds. The second kappa shape index (κ2) is 7.96. The summed E-state index contributed by atoms with van der Waals surface area (Å²) in [5.41, 5.74) is 5.97. The summed E-state index contributed by atoms with van der Waals surface area (Å²) in [4.78, 5) is 37.5. The van der Waals surface area contributed by atoms with E-state index in [1.807, 2.05) is 0 Å². The van der Waals surface area contributed by atoms with Crippen LogP contribution in [-0.2, 0) is 20.8 Å². The molecular formula is C19H18FN3O4. The highest BCUT2D eigenvalue weighted by Crippen LogP contribution is 2.23. The molecule has 27 heavy (non-hydrogen) atoms. The summed E-state index contributed by atoms with van der Waals surface area (Å²) in [5, 5.41) is 0. The van der Waals surface area contributed by atoms with Crippen LogP contribution in [0.3, 0.4) is 0 Å². The number of hydrazine groups is 1. The number of carbonyl (C=O) groups is 3. The number of hydrogen-bond donors (Lipinski definition) is 2. The molecule has 2 aromatic rings. The SMILES string of the molecule is COc1ccc(CC(=O)NN[C@@H]2CC(=O)N(c3cccc(F)c3)C2=O)cc1. The standard InChI is InChI=1S/C19H18FN3O4/c1-27-15-7-5-12(6-8-15)9-17(24)22-21-16-11-18(25)23(19(16)26)14-4-2-3-13(20)10-14/h2-8,10,16,21H,9,11H2,1H3,(H,22,24)/t16-/m1/s1. The maximum Gasteiger partial charge on any atom is 0.253 e. The van der Waals surface area contributed by atoms with Crippen LogP contribution < -0.4 is 20.5 Å². The monoisotopic (exact) mass is 371 g/mol. The Kier molecular flexibility index (Phi) is 5.46. The van der Waals surface area contributed by atoms with Crippen molar-refractivity contribution in [1.29, 1.82) is 0 Å². The molecule has 140 valence electrons. The van der Waals surface area contributed by atoms with Crippen LogP contribution in [-0.4, -0.2) is 30.9 Å². The molecule has 0 radical (unpaired) electrons. The van der Waals surface area contributed by atoms with E-state index in [0.29, 0.717) is 5.75 Å². The van der Waals surface area contributed by atoms with Crippen LogP contribution in [0.5, 0.6) is 5.75 Å². The molecule has 1 fully saturated rings. The zero-order chi connectivity index (χ0) is 19.4. The van der Waals surface area contributed by atoms with E-state index in [2.05, 4.69) is 10.9 Å². The highest BCUT2D eigenvalue weighted by Gasteiger charge is 2.39. The molecule has 1 heterocycles. The van der Waals surface area contributed by atoms with Crippen molar-refractivity contribution in [1.82, 2.24) is 10.9 Å². The van der Waals surface area contributed by atoms with Gasteiger partial charge in [-0.05, 0) is 35.9 Å². The van der Waals surface area contributed by atoms with Gasteiger partial charge in [-0.1, -0.05) is 18.2 Å². The lowest BCUT2D eigenvalue weighted by atomic mass is 10.1.